The highest BCUT2D eigenvalue weighted by Gasteiger charge is 2.23. The molecule has 1 fully saturated rings. The van der Waals surface area contributed by atoms with Crippen molar-refractivity contribution in [3.63, 3.8) is 0 Å². The lowest BCUT2D eigenvalue weighted by atomic mass is 9.95. The quantitative estimate of drug-likeness (QED) is 0.400. The number of halogens is 2. The van der Waals surface area contributed by atoms with Gasteiger partial charge in [0, 0.05) is 31.1 Å². The normalized spacial score (nSPS) is 18.0. The molecule has 3 N–H and O–H groups in total. The molecule has 1 aromatic carbocycles. The van der Waals surface area contributed by atoms with E-state index in [1.807, 2.05) is 24.3 Å². The van der Waals surface area contributed by atoms with Crippen LogP contribution in [0.2, 0.25) is 5.02 Å². The zero-order valence-electron chi connectivity index (χ0n) is 14.0. The number of likely N-dealkylation sites (tertiary alicyclic amines) is 1. The number of amides is 1. The number of guanidine groups is 1. The smallest absolute Gasteiger partial charge is 0.217 e. The van der Waals surface area contributed by atoms with Crippen molar-refractivity contribution in [2.75, 3.05) is 19.6 Å². The predicted octanol–water partition coefficient (Wildman–Crippen LogP) is 3.01. The fraction of sp³-hybridized carbons (Fsp3) is 0.529. The summed E-state index contributed by atoms with van der Waals surface area (Å²) < 4.78 is 0. The van der Waals surface area contributed by atoms with Crippen LogP contribution in [0.3, 0.4) is 0 Å². The highest BCUT2D eigenvalue weighted by Crippen LogP contribution is 2.19. The molecule has 0 radical (unpaired) electrons. The summed E-state index contributed by atoms with van der Waals surface area (Å²) in [4.78, 5) is 18.1. The zero-order chi connectivity index (χ0) is 16.7. The van der Waals surface area contributed by atoms with Crippen LogP contribution in [0.5, 0.6) is 0 Å². The molecule has 1 amide bonds. The fourth-order valence-corrected chi connectivity index (χ4v) is 3.02. The number of nitrogens with zero attached hydrogens (tertiary/aromatic N) is 2. The Morgan fingerprint density at radius 3 is 2.75 bits per heavy atom. The Hall–Kier alpha value is -1.02. The maximum atomic E-state index is 11.2. The summed E-state index contributed by atoms with van der Waals surface area (Å²) in [5.41, 5.74) is 6.46. The van der Waals surface area contributed by atoms with Crippen LogP contribution < -0.4 is 11.1 Å². The SMILES string of the molecule is CCNC(=NCc1ccc(Cl)cc1)N1CCCC(CC(N)=O)C1.I. The minimum atomic E-state index is -0.222. The van der Waals surface area contributed by atoms with Gasteiger partial charge in [-0.3, -0.25) is 4.79 Å². The van der Waals surface area contributed by atoms with Gasteiger partial charge in [0.2, 0.25) is 5.91 Å². The molecule has 1 saturated heterocycles. The number of hydrogen-bond acceptors (Lipinski definition) is 2. The van der Waals surface area contributed by atoms with Crippen LogP contribution in [0.4, 0.5) is 0 Å². The minimum absolute atomic E-state index is 0. The van der Waals surface area contributed by atoms with E-state index in [1.54, 1.807) is 0 Å². The Morgan fingerprint density at radius 1 is 1.42 bits per heavy atom. The third kappa shape index (κ3) is 6.84. The molecule has 0 aliphatic carbocycles. The Labute approximate surface area is 166 Å². The average molecular weight is 465 g/mol. The summed E-state index contributed by atoms with van der Waals surface area (Å²) >= 11 is 5.91. The van der Waals surface area contributed by atoms with Crippen molar-refractivity contribution in [1.29, 1.82) is 0 Å². The molecular weight excluding hydrogens is 439 g/mol. The molecule has 1 aromatic rings. The summed E-state index contributed by atoms with van der Waals surface area (Å²) in [6.07, 6.45) is 2.56. The standard InChI is InChI=1S/C17H25ClN4O.HI/c1-2-20-17(21-11-13-5-7-15(18)8-6-13)22-9-3-4-14(12-22)10-16(19)23;/h5-8,14H,2-4,9-12H2,1H3,(H2,19,23)(H,20,21);1H. The summed E-state index contributed by atoms with van der Waals surface area (Å²) in [6, 6.07) is 7.73. The van der Waals surface area contributed by atoms with Crippen LogP contribution in [-0.2, 0) is 11.3 Å². The molecule has 5 nitrogen and oxygen atoms in total. The highest BCUT2D eigenvalue weighted by atomic mass is 127. The van der Waals surface area contributed by atoms with Gasteiger partial charge >= 0.3 is 0 Å². The van der Waals surface area contributed by atoms with Crippen molar-refractivity contribution in [3.05, 3.63) is 34.9 Å². The van der Waals surface area contributed by atoms with Crippen molar-refractivity contribution >= 4 is 47.4 Å². The van der Waals surface area contributed by atoms with Crippen molar-refractivity contribution < 1.29 is 4.79 Å². The van der Waals surface area contributed by atoms with E-state index < -0.39 is 0 Å². The van der Waals surface area contributed by atoms with Crippen LogP contribution in [0.25, 0.3) is 0 Å². The van der Waals surface area contributed by atoms with Crippen molar-refractivity contribution in [3.8, 4) is 0 Å². The van der Waals surface area contributed by atoms with Gasteiger partial charge in [-0.25, -0.2) is 4.99 Å². The second kappa shape index (κ2) is 10.8. The largest absolute Gasteiger partial charge is 0.370 e. The lowest BCUT2D eigenvalue weighted by Crippen LogP contribution is -2.47. The average Bonchev–Trinajstić information content (AvgIpc) is 2.52. The monoisotopic (exact) mass is 464 g/mol. The van der Waals surface area contributed by atoms with Gasteiger partial charge in [-0.1, -0.05) is 23.7 Å². The number of nitrogens with one attached hydrogen (secondary N) is 1. The highest BCUT2D eigenvalue weighted by molar-refractivity contribution is 14.0. The lowest BCUT2D eigenvalue weighted by Gasteiger charge is -2.34. The lowest BCUT2D eigenvalue weighted by molar-refractivity contribution is -0.119. The Balaban J connectivity index is 0.00000288. The molecular formula is C17H26ClIN4O. The van der Waals surface area contributed by atoms with Gasteiger partial charge in [0.15, 0.2) is 5.96 Å². The van der Waals surface area contributed by atoms with E-state index >= 15 is 0 Å². The summed E-state index contributed by atoms with van der Waals surface area (Å²) in [5, 5.41) is 4.07. The maximum absolute atomic E-state index is 11.2. The molecule has 0 saturated carbocycles. The van der Waals surface area contributed by atoms with Gasteiger partial charge in [-0.15, -0.1) is 24.0 Å². The van der Waals surface area contributed by atoms with Crippen LogP contribution in [0, 0.1) is 5.92 Å². The van der Waals surface area contributed by atoms with E-state index in [0.717, 1.165) is 49.0 Å². The van der Waals surface area contributed by atoms with E-state index in [9.17, 15) is 4.79 Å². The summed E-state index contributed by atoms with van der Waals surface area (Å²) in [5.74, 6) is 0.997. The molecule has 1 unspecified atom stereocenters. The number of carbonyl (C=O) groups excluding carboxylic acids is 1. The third-order valence-corrected chi connectivity index (χ3v) is 4.22. The second-order valence-electron chi connectivity index (χ2n) is 5.92. The van der Waals surface area contributed by atoms with Gasteiger partial charge in [0.25, 0.3) is 0 Å². The van der Waals surface area contributed by atoms with Crippen LogP contribution in [0.15, 0.2) is 29.3 Å². The second-order valence-corrected chi connectivity index (χ2v) is 6.36. The van der Waals surface area contributed by atoms with Gasteiger partial charge in [0.05, 0.1) is 6.54 Å². The number of hydrogen-bond donors (Lipinski definition) is 2. The molecule has 1 heterocycles. The maximum Gasteiger partial charge on any atom is 0.217 e. The van der Waals surface area contributed by atoms with E-state index in [-0.39, 0.29) is 29.9 Å². The first-order valence-corrected chi connectivity index (χ1v) is 8.52. The first-order valence-electron chi connectivity index (χ1n) is 8.14. The van der Waals surface area contributed by atoms with Gasteiger partial charge in [-0.2, -0.15) is 0 Å². The molecule has 2 rings (SSSR count). The number of rotatable bonds is 5. The van der Waals surface area contributed by atoms with E-state index in [4.69, 9.17) is 22.3 Å². The first kappa shape index (κ1) is 21.0. The van der Waals surface area contributed by atoms with Crippen LogP contribution in [-0.4, -0.2) is 36.4 Å². The number of aliphatic imine (C=N–C) groups is 1. The number of primary amides is 1. The summed E-state index contributed by atoms with van der Waals surface area (Å²) in [6.45, 7) is 5.27. The molecule has 1 aliphatic heterocycles. The zero-order valence-corrected chi connectivity index (χ0v) is 17.1. The van der Waals surface area contributed by atoms with E-state index in [0.29, 0.717) is 18.9 Å². The van der Waals surface area contributed by atoms with Crippen molar-refractivity contribution in [1.82, 2.24) is 10.2 Å². The molecule has 0 aromatic heterocycles. The topological polar surface area (TPSA) is 70.7 Å². The predicted molar refractivity (Wildman–Crippen MR) is 110 cm³/mol. The van der Waals surface area contributed by atoms with Crippen LogP contribution >= 0.6 is 35.6 Å². The first-order chi connectivity index (χ1) is 11.1. The third-order valence-electron chi connectivity index (χ3n) is 3.97. The van der Waals surface area contributed by atoms with Crippen molar-refractivity contribution in [2.24, 2.45) is 16.6 Å². The van der Waals surface area contributed by atoms with E-state index in [2.05, 4.69) is 17.1 Å². The summed E-state index contributed by atoms with van der Waals surface area (Å²) in [7, 11) is 0. The van der Waals surface area contributed by atoms with Crippen LogP contribution in [0.1, 0.15) is 31.7 Å². The molecule has 0 spiro atoms. The Morgan fingerprint density at radius 2 is 2.12 bits per heavy atom. The number of carbonyl (C=O) groups is 1. The number of benzene rings is 1. The number of piperidine rings is 1. The molecule has 24 heavy (non-hydrogen) atoms. The van der Waals surface area contributed by atoms with E-state index in [1.165, 1.54) is 0 Å². The number of nitrogens with two attached hydrogens (primary N) is 1. The van der Waals surface area contributed by atoms with Crippen molar-refractivity contribution in [2.45, 2.75) is 32.7 Å². The molecule has 7 heteroatoms. The Bertz CT molecular complexity index is 550. The molecule has 0 bridgehead atoms. The fourth-order valence-electron chi connectivity index (χ4n) is 2.89. The minimum Gasteiger partial charge on any atom is -0.370 e. The van der Waals surface area contributed by atoms with Gasteiger partial charge in [0.1, 0.15) is 0 Å². The van der Waals surface area contributed by atoms with Gasteiger partial charge in [-0.05, 0) is 43.4 Å². The van der Waals surface area contributed by atoms with Gasteiger partial charge < -0.3 is 16.0 Å². The molecule has 1 atom stereocenters. The molecule has 134 valence electrons. The molecule has 1 aliphatic rings. The Kier molecular flexibility index (Phi) is 9.43.